The predicted molar refractivity (Wildman–Crippen MR) is 72.6 cm³/mol. The summed E-state index contributed by atoms with van der Waals surface area (Å²) >= 11 is 0. The minimum Gasteiger partial charge on any atom is -0.489 e. The zero-order valence-electron chi connectivity index (χ0n) is 11.3. The Hall–Kier alpha value is -1.13. The first-order valence-electron chi connectivity index (χ1n) is 6.75. The van der Waals surface area contributed by atoms with Crippen LogP contribution in [0.1, 0.15) is 37.9 Å². The van der Waals surface area contributed by atoms with Gasteiger partial charge in [0.2, 0.25) is 0 Å². The lowest BCUT2D eigenvalue weighted by Crippen LogP contribution is -2.35. The molecule has 0 bridgehead atoms. The van der Waals surface area contributed by atoms with Crippen LogP contribution in [-0.4, -0.2) is 36.1 Å². The first-order valence-corrected chi connectivity index (χ1v) is 6.75. The van der Waals surface area contributed by atoms with Gasteiger partial charge < -0.3 is 15.4 Å². The lowest BCUT2D eigenvalue weighted by Gasteiger charge is -2.29. The van der Waals surface area contributed by atoms with Crippen molar-refractivity contribution in [1.82, 2.24) is 9.88 Å². The Morgan fingerprint density at radius 1 is 1.44 bits per heavy atom. The number of nitrogens with two attached hydrogens (primary N) is 1. The number of hydrogen-bond donors (Lipinski definition) is 1. The minimum absolute atomic E-state index is 0.0300. The van der Waals surface area contributed by atoms with E-state index in [0.29, 0.717) is 6.10 Å². The van der Waals surface area contributed by atoms with E-state index >= 15 is 0 Å². The molecule has 4 nitrogen and oxygen atoms in total. The van der Waals surface area contributed by atoms with E-state index in [-0.39, 0.29) is 6.04 Å². The number of nitrogens with zero attached hydrogens (tertiary/aromatic N) is 2. The fourth-order valence-corrected chi connectivity index (χ4v) is 2.19. The van der Waals surface area contributed by atoms with Gasteiger partial charge in [-0.15, -0.1) is 0 Å². The van der Waals surface area contributed by atoms with Crippen molar-refractivity contribution in [2.75, 3.05) is 20.1 Å². The molecule has 1 aliphatic rings. The summed E-state index contributed by atoms with van der Waals surface area (Å²) in [7, 11) is 2.15. The van der Waals surface area contributed by atoms with Crippen molar-refractivity contribution in [2.24, 2.45) is 5.73 Å². The molecule has 0 radical (unpaired) electrons. The molecule has 1 unspecified atom stereocenters. The molecule has 0 aromatic carbocycles. The van der Waals surface area contributed by atoms with Gasteiger partial charge in [-0.3, -0.25) is 4.98 Å². The Morgan fingerprint density at radius 3 is 2.72 bits per heavy atom. The summed E-state index contributed by atoms with van der Waals surface area (Å²) in [5.41, 5.74) is 6.87. The monoisotopic (exact) mass is 249 g/mol. The summed E-state index contributed by atoms with van der Waals surface area (Å²) in [6.07, 6.45) is 5.21. The number of piperidine rings is 1. The summed E-state index contributed by atoms with van der Waals surface area (Å²) in [5, 5.41) is 0. The van der Waals surface area contributed by atoms with Crippen LogP contribution in [0.4, 0.5) is 0 Å². The molecular formula is C14H23N3O. The molecule has 18 heavy (non-hydrogen) atoms. The maximum atomic E-state index is 5.94. The highest BCUT2D eigenvalue weighted by Gasteiger charge is 2.18. The normalized spacial score (nSPS) is 19.7. The van der Waals surface area contributed by atoms with Crippen molar-refractivity contribution in [2.45, 2.75) is 38.3 Å². The predicted octanol–water partition coefficient (Wildman–Crippen LogP) is 1.96. The molecule has 4 heteroatoms. The number of likely N-dealkylation sites (tertiary alicyclic amines) is 1. The third kappa shape index (κ3) is 3.43. The average Bonchev–Trinajstić information content (AvgIpc) is 2.41. The second kappa shape index (κ2) is 6.16. The van der Waals surface area contributed by atoms with Crippen LogP contribution < -0.4 is 10.5 Å². The van der Waals surface area contributed by atoms with Crippen LogP contribution in [-0.2, 0) is 0 Å². The first-order chi connectivity index (χ1) is 8.69. The quantitative estimate of drug-likeness (QED) is 0.886. The topological polar surface area (TPSA) is 51.4 Å². The summed E-state index contributed by atoms with van der Waals surface area (Å²) in [6.45, 7) is 4.28. The van der Waals surface area contributed by atoms with Gasteiger partial charge >= 0.3 is 0 Å². The average molecular weight is 249 g/mol. The minimum atomic E-state index is 0.0300. The van der Waals surface area contributed by atoms with Gasteiger partial charge in [0, 0.05) is 19.1 Å². The third-order valence-corrected chi connectivity index (χ3v) is 3.55. The van der Waals surface area contributed by atoms with E-state index in [0.717, 1.165) is 43.8 Å². The van der Waals surface area contributed by atoms with E-state index in [9.17, 15) is 0 Å². The SMILES string of the molecule is CCC(N)c1ccc(OC2CCN(C)CC2)cn1. The van der Waals surface area contributed by atoms with E-state index < -0.39 is 0 Å². The van der Waals surface area contributed by atoms with Crippen LogP contribution in [0.3, 0.4) is 0 Å². The van der Waals surface area contributed by atoms with Gasteiger partial charge in [-0.05, 0) is 38.4 Å². The molecule has 1 atom stereocenters. The van der Waals surface area contributed by atoms with Crippen molar-refractivity contribution in [3.8, 4) is 5.75 Å². The Balaban J connectivity index is 1.90. The van der Waals surface area contributed by atoms with Gasteiger partial charge in [0.15, 0.2) is 0 Å². The van der Waals surface area contributed by atoms with Gasteiger partial charge in [0.1, 0.15) is 11.9 Å². The zero-order chi connectivity index (χ0) is 13.0. The number of pyridine rings is 1. The standard InChI is InChI=1S/C14H23N3O/c1-3-13(15)14-5-4-12(10-16-14)18-11-6-8-17(2)9-7-11/h4-5,10-11,13H,3,6-9,15H2,1-2H3. The van der Waals surface area contributed by atoms with Gasteiger partial charge in [0.25, 0.3) is 0 Å². The highest BCUT2D eigenvalue weighted by molar-refractivity contribution is 5.21. The van der Waals surface area contributed by atoms with E-state index in [1.165, 1.54) is 0 Å². The third-order valence-electron chi connectivity index (χ3n) is 3.55. The number of ether oxygens (including phenoxy) is 1. The molecule has 0 saturated carbocycles. The fraction of sp³-hybridized carbons (Fsp3) is 0.643. The highest BCUT2D eigenvalue weighted by atomic mass is 16.5. The molecule has 0 aliphatic carbocycles. The highest BCUT2D eigenvalue weighted by Crippen LogP contribution is 2.19. The fourth-order valence-electron chi connectivity index (χ4n) is 2.19. The molecule has 1 aromatic rings. The van der Waals surface area contributed by atoms with Gasteiger partial charge in [-0.2, -0.15) is 0 Å². The van der Waals surface area contributed by atoms with Crippen LogP contribution >= 0.6 is 0 Å². The van der Waals surface area contributed by atoms with Gasteiger partial charge in [-0.1, -0.05) is 6.92 Å². The van der Waals surface area contributed by atoms with Crippen LogP contribution in [0, 0.1) is 0 Å². The summed E-state index contributed by atoms with van der Waals surface area (Å²) < 4.78 is 5.94. The maximum Gasteiger partial charge on any atom is 0.138 e. The largest absolute Gasteiger partial charge is 0.489 e. The smallest absolute Gasteiger partial charge is 0.138 e. The van der Waals surface area contributed by atoms with Crippen LogP contribution in [0.15, 0.2) is 18.3 Å². The maximum absolute atomic E-state index is 5.94. The number of rotatable bonds is 4. The van der Waals surface area contributed by atoms with Crippen molar-refractivity contribution in [1.29, 1.82) is 0 Å². The molecule has 2 rings (SSSR count). The zero-order valence-corrected chi connectivity index (χ0v) is 11.3. The van der Waals surface area contributed by atoms with Crippen molar-refractivity contribution < 1.29 is 4.74 Å². The summed E-state index contributed by atoms with van der Waals surface area (Å²) in [6, 6.07) is 3.98. The van der Waals surface area contributed by atoms with Crippen LogP contribution in [0.25, 0.3) is 0 Å². The summed E-state index contributed by atoms with van der Waals surface area (Å²) in [5.74, 6) is 0.858. The van der Waals surface area contributed by atoms with Crippen molar-refractivity contribution >= 4 is 0 Å². The molecule has 1 aliphatic heterocycles. The number of hydrogen-bond acceptors (Lipinski definition) is 4. The van der Waals surface area contributed by atoms with E-state index in [2.05, 4.69) is 23.9 Å². The Labute approximate surface area is 109 Å². The van der Waals surface area contributed by atoms with Crippen LogP contribution in [0.5, 0.6) is 5.75 Å². The molecule has 2 N–H and O–H groups in total. The first kappa shape index (κ1) is 13.3. The summed E-state index contributed by atoms with van der Waals surface area (Å²) in [4.78, 5) is 6.70. The second-order valence-corrected chi connectivity index (χ2v) is 5.05. The van der Waals surface area contributed by atoms with Gasteiger partial charge in [-0.25, -0.2) is 0 Å². The molecule has 100 valence electrons. The lowest BCUT2D eigenvalue weighted by molar-refractivity contribution is 0.114. The Morgan fingerprint density at radius 2 is 2.17 bits per heavy atom. The molecule has 0 spiro atoms. The molecule has 1 fully saturated rings. The molecule has 1 saturated heterocycles. The van der Waals surface area contributed by atoms with E-state index in [1.807, 2.05) is 12.1 Å². The number of aromatic nitrogens is 1. The molecule has 1 aromatic heterocycles. The van der Waals surface area contributed by atoms with Crippen molar-refractivity contribution in [3.63, 3.8) is 0 Å². The Kier molecular flexibility index (Phi) is 4.55. The lowest BCUT2D eigenvalue weighted by atomic mass is 10.1. The molecule has 2 heterocycles. The van der Waals surface area contributed by atoms with Crippen LogP contribution in [0.2, 0.25) is 0 Å². The second-order valence-electron chi connectivity index (χ2n) is 5.05. The Bertz CT molecular complexity index is 358. The van der Waals surface area contributed by atoms with Crippen molar-refractivity contribution in [3.05, 3.63) is 24.0 Å². The van der Waals surface area contributed by atoms with Gasteiger partial charge in [0.05, 0.1) is 11.9 Å². The van der Waals surface area contributed by atoms with E-state index in [4.69, 9.17) is 10.5 Å². The molecular weight excluding hydrogens is 226 g/mol. The van der Waals surface area contributed by atoms with E-state index in [1.54, 1.807) is 6.20 Å². The molecule has 0 amide bonds.